The molecule has 0 unspecified atom stereocenters. The molecule has 0 aliphatic heterocycles. The normalized spacial score (nSPS) is 11.4. The minimum absolute atomic E-state index is 0.278. The van der Waals surface area contributed by atoms with Gasteiger partial charge in [-0.15, -0.1) is 10.2 Å². The largest absolute Gasteiger partial charge is 0.486 e. The first-order chi connectivity index (χ1) is 12.8. The Morgan fingerprint density at radius 3 is 2.81 bits per heavy atom. The van der Waals surface area contributed by atoms with Crippen molar-refractivity contribution in [2.24, 2.45) is 0 Å². The molecular weight excluding hydrogens is 370 g/mol. The second kappa shape index (κ2) is 6.12. The van der Waals surface area contributed by atoms with Crippen molar-refractivity contribution in [3.8, 4) is 16.3 Å². The lowest BCUT2D eigenvalue weighted by Crippen LogP contribution is -2.02. The summed E-state index contributed by atoms with van der Waals surface area (Å²) in [6.45, 7) is 0.278. The fourth-order valence-electron chi connectivity index (χ4n) is 2.78. The van der Waals surface area contributed by atoms with Crippen molar-refractivity contribution in [2.75, 3.05) is 0 Å². The Morgan fingerprint density at radius 1 is 1.08 bits per heavy atom. The second-order valence-electron chi connectivity index (χ2n) is 5.71. The molecule has 0 aliphatic carbocycles. The second-order valence-corrected chi connectivity index (χ2v) is 7.10. The molecule has 0 atom stereocenters. The molecule has 0 fully saturated rings. The minimum atomic E-state index is 0.278. The molecule has 26 heavy (non-hydrogen) atoms. The zero-order valence-corrected chi connectivity index (χ0v) is 15.0. The molecule has 0 spiro atoms. The number of halogens is 1. The van der Waals surface area contributed by atoms with E-state index in [4.69, 9.17) is 16.3 Å². The van der Waals surface area contributed by atoms with Crippen molar-refractivity contribution in [2.45, 2.75) is 6.61 Å². The molecule has 5 aromatic rings. The minimum Gasteiger partial charge on any atom is -0.486 e. The van der Waals surface area contributed by atoms with Crippen molar-refractivity contribution >= 4 is 38.8 Å². The molecule has 0 radical (unpaired) electrons. The van der Waals surface area contributed by atoms with Crippen LogP contribution >= 0.6 is 22.9 Å². The summed E-state index contributed by atoms with van der Waals surface area (Å²) in [6.07, 6.45) is 1.97. The summed E-state index contributed by atoms with van der Waals surface area (Å²) in [5.74, 6) is 1.37. The molecule has 6 nitrogen and oxygen atoms in total. The van der Waals surface area contributed by atoms with Crippen LogP contribution in [0.15, 0.2) is 54.7 Å². The number of fused-ring (bicyclic) bond motifs is 2. The van der Waals surface area contributed by atoms with E-state index in [1.807, 2.05) is 36.5 Å². The highest BCUT2D eigenvalue weighted by Crippen LogP contribution is 2.31. The summed E-state index contributed by atoms with van der Waals surface area (Å²) in [6, 6.07) is 15.4. The van der Waals surface area contributed by atoms with E-state index in [0.29, 0.717) is 10.8 Å². The Kier molecular flexibility index (Phi) is 3.62. The van der Waals surface area contributed by atoms with E-state index in [2.05, 4.69) is 26.3 Å². The van der Waals surface area contributed by atoms with Crippen LogP contribution in [0.2, 0.25) is 5.02 Å². The lowest BCUT2D eigenvalue weighted by atomic mass is 10.2. The van der Waals surface area contributed by atoms with Crippen molar-refractivity contribution in [3.63, 3.8) is 0 Å². The molecule has 5 rings (SSSR count). The van der Waals surface area contributed by atoms with Crippen LogP contribution < -0.4 is 4.74 Å². The molecule has 3 heterocycles. The number of hydrogen-bond donors (Lipinski definition) is 1. The number of para-hydroxylation sites is 1. The molecular formula is C18H12ClN5OS. The van der Waals surface area contributed by atoms with Crippen LogP contribution in [0.4, 0.5) is 0 Å². The number of benzene rings is 2. The van der Waals surface area contributed by atoms with Gasteiger partial charge in [0, 0.05) is 27.7 Å². The van der Waals surface area contributed by atoms with Crippen LogP contribution in [0.1, 0.15) is 5.82 Å². The number of rotatable bonds is 4. The topological polar surface area (TPSA) is 68.1 Å². The predicted octanol–water partition coefficient (Wildman–Crippen LogP) is 4.57. The molecule has 0 amide bonds. The standard InChI is InChI=1S/C18H12ClN5OS/c19-11-5-7-12(8-6-11)25-10-16-21-22-18-24(16)23-17(26-18)14-9-20-15-4-2-1-3-13(14)15/h1-9,20H,10H2. The summed E-state index contributed by atoms with van der Waals surface area (Å²) in [7, 11) is 0. The van der Waals surface area contributed by atoms with Crippen molar-refractivity contribution in [1.29, 1.82) is 0 Å². The fourth-order valence-corrected chi connectivity index (χ4v) is 3.80. The third-order valence-electron chi connectivity index (χ3n) is 4.06. The first-order valence-corrected chi connectivity index (χ1v) is 9.13. The monoisotopic (exact) mass is 381 g/mol. The van der Waals surface area contributed by atoms with E-state index in [-0.39, 0.29) is 6.61 Å². The Balaban J connectivity index is 1.46. The summed E-state index contributed by atoms with van der Waals surface area (Å²) in [4.78, 5) is 4.01. The van der Waals surface area contributed by atoms with Gasteiger partial charge in [-0.2, -0.15) is 9.61 Å². The number of hydrogen-bond acceptors (Lipinski definition) is 5. The van der Waals surface area contributed by atoms with Crippen LogP contribution in [-0.2, 0) is 6.61 Å². The number of aromatic amines is 1. The molecule has 0 aliphatic rings. The van der Waals surface area contributed by atoms with Crippen molar-refractivity contribution < 1.29 is 4.74 Å². The maximum Gasteiger partial charge on any atom is 0.235 e. The summed E-state index contributed by atoms with van der Waals surface area (Å²) < 4.78 is 7.49. The predicted molar refractivity (Wildman–Crippen MR) is 102 cm³/mol. The number of H-pyrrole nitrogens is 1. The van der Waals surface area contributed by atoms with Crippen LogP contribution in [0.5, 0.6) is 5.75 Å². The number of ether oxygens (including phenoxy) is 1. The van der Waals surface area contributed by atoms with Gasteiger partial charge in [0.05, 0.1) is 0 Å². The van der Waals surface area contributed by atoms with E-state index < -0.39 is 0 Å². The average Bonchev–Trinajstić information content (AvgIpc) is 3.35. The molecule has 3 aromatic heterocycles. The molecule has 8 heteroatoms. The zero-order valence-electron chi connectivity index (χ0n) is 13.4. The van der Waals surface area contributed by atoms with Gasteiger partial charge >= 0.3 is 0 Å². The highest BCUT2D eigenvalue weighted by molar-refractivity contribution is 7.19. The first-order valence-electron chi connectivity index (χ1n) is 7.94. The van der Waals surface area contributed by atoms with Crippen LogP contribution in [0.3, 0.4) is 0 Å². The van der Waals surface area contributed by atoms with Gasteiger partial charge in [0.2, 0.25) is 4.96 Å². The third-order valence-corrected chi connectivity index (χ3v) is 5.24. The van der Waals surface area contributed by atoms with E-state index >= 15 is 0 Å². The van der Waals surface area contributed by atoms with Crippen molar-refractivity contribution in [3.05, 3.63) is 65.6 Å². The number of nitrogens with zero attached hydrogens (tertiary/aromatic N) is 4. The molecule has 0 saturated carbocycles. The van der Waals surface area contributed by atoms with E-state index in [1.54, 1.807) is 16.6 Å². The van der Waals surface area contributed by atoms with Gasteiger partial charge in [0.15, 0.2) is 5.82 Å². The molecule has 0 saturated heterocycles. The zero-order chi connectivity index (χ0) is 17.5. The van der Waals surface area contributed by atoms with Crippen LogP contribution in [0.25, 0.3) is 26.4 Å². The molecule has 0 bridgehead atoms. The Morgan fingerprint density at radius 2 is 1.92 bits per heavy atom. The highest BCUT2D eigenvalue weighted by Gasteiger charge is 2.15. The summed E-state index contributed by atoms with van der Waals surface area (Å²) in [5.41, 5.74) is 2.14. The van der Waals surface area contributed by atoms with Gasteiger partial charge in [0.25, 0.3) is 0 Å². The summed E-state index contributed by atoms with van der Waals surface area (Å²) >= 11 is 7.39. The third kappa shape index (κ3) is 2.61. The average molecular weight is 382 g/mol. The van der Waals surface area contributed by atoms with Gasteiger partial charge in [-0.25, -0.2) is 0 Å². The first kappa shape index (κ1) is 15.4. The van der Waals surface area contributed by atoms with Gasteiger partial charge in [-0.3, -0.25) is 0 Å². The number of aromatic nitrogens is 5. The summed E-state index contributed by atoms with van der Waals surface area (Å²) in [5, 5.41) is 15.8. The van der Waals surface area contributed by atoms with Gasteiger partial charge in [-0.1, -0.05) is 41.1 Å². The Hall–Kier alpha value is -2.90. The fraction of sp³-hybridized carbons (Fsp3) is 0.0556. The molecule has 2 aromatic carbocycles. The Labute approximate surface area is 157 Å². The van der Waals surface area contributed by atoms with Gasteiger partial charge in [-0.05, 0) is 30.3 Å². The lowest BCUT2D eigenvalue weighted by Gasteiger charge is -2.03. The van der Waals surface area contributed by atoms with Gasteiger partial charge < -0.3 is 9.72 Å². The van der Waals surface area contributed by atoms with E-state index in [9.17, 15) is 0 Å². The van der Waals surface area contributed by atoms with E-state index in [0.717, 1.165) is 32.2 Å². The van der Waals surface area contributed by atoms with Crippen molar-refractivity contribution in [1.82, 2.24) is 24.8 Å². The quantitative estimate of drug-likeness (QED) is 0.495. The highest BCUT2D eigenvalue weighted by atomic mass is 35.5. The Bertz CT molecular complexity index is 1210. The van der Waals surface area contributed by atoms with Gasteiger partial charge in [0.1, 0.15) is 17.4 Å². The molecule has 128 valence electrons. The lowest BCUT2D eigenvalue weighted by molar-refractivity contribution is 0.293. The smallest absolute Gasteiger partial charge is 0.235 e. The number of nitrogens with one attached hydrogen (secondary N) is 1. The maximum absolute atomic E-state index is 5.89. The van der Waals surface area contributed by atoms with Crippen LogP contribution in [-0.4, -0.2) is 24.8 Å². The molecule has 1 N–H and O–H groups in total. The SMILES string of the molecule is Clc1ccc(OCc2nnc3sc(-c4c[nH]c5ccccc45)nn23)cc1. The maximum atomic E-state index is 5.89. The van der Waals surface area contributed by atoms with Crippen LogP contribution in [0, 0.1) is 0 Å². The van der Waals surface area contributed by atoms with E-state index in [1.165, 1.54) is 11.3 Å².